The van der Waals surface area contributed by atoms with E-state index < -0.39 is 17.5 Å². The molecule has 3 amide bonds. The molecular weight excluding hydrogens is 388 g/mol. The molecule has 0 bridgehead atoms. The predicted octanol–water partition coefficient (Wildman–Crippen LogP) is 2.88. The van der Waals surface area contributed by atoms with Gasteiger partial charge in [-0.15, -0.1) is 0 Å². The number of imide groups is 1. The van der Waals surface area contributed by atoms with Crippen LogP contribution in [0.4, 0.5) is 4.79 Å². The molecule has 1 aliphatic heterocycles. The highest BCUT2D eigenvalue weighted by Crippen LogP contribution is 2.36. The van der Waals surface area contributed by atoms with Gasteiger partial charge in [0.25, 0.3) is 5.91 Å². The van der Waals surface area contributed by atoms with Gasteiger partial charge in [0.05, 0.1) is 27.9 Å². The first-order valence-corrected chi connectivity index (χ1v) is 9.29. The molecule has 3 rings (SSSR count). The number of amides is 3. The summed E-state index contributed by atoms with van der Waals surface area (Å²) in [7, 11) is 4.51. The van der Waals surface area contributed by atoms with Crippen LogP contribution in [0.15, 0.2) is 36.4 Å². The van der Waals surface area contributed by atoms with Crippen LogP contribution in [0.5, 0.6) is 17.2 Å². The Balaban J connectivity index is 1.95. The third-order valence-corrected chi connectivity index (χ3v) is 5.25. The zero-order valence-corrected chi connectivity index (χ0v) is 17.6. The maximum absolute atomic E-state index is 13.3. The van der Waals surface area contributed by atoms with Crippen molar-refractivity contribution in [3.63, 3.8) is 0 Å². The van der Waals surface area contributed by atoms with E-state index in [-0.39, 0.29) is 12.3 Å². The molecule has 2 aromatic rings. The minimum absolute atomic E-state index is 0.0299. The third-order valence-electron chi connectivity index (χ3n) is 5.25. The molecule has 1 aliphatic rings. The number of carbonyl (C=O) groups is 3. The standard InChI is InChI=1S/C22H24N2O6/c1-13(25)14-6-8-17(28-3)15(10-14)12-24-20(26)22(2,23-21(24)27)16-7-9-18(29-4)19(11-16)30-5/h6-11H,12H2,1-5H3,(H,23,27). The van der Waals surface area contributed by atoms with Gasteiger partial charge in [0.1, 0.15) is 11.3 Å². The predicted molar refractivity (Wildman–Crippen MR) is 109 cm³/mol. The van der Waals surface area contributed by atoms with Crippen molar-refractivity contribution in [1.82, 2.24) is 10.2 Å². The lowest BCUT2D eigenvalue weighted by molar-refractivity contribution is -0.131. The first-order valence-electron chi connectivity index (χ1n) is 9.29. The molecular formula is C22H24N2O6. The lowest BCUT2D eigenvalue weighted by Gasteiger charge is -2.23. The zero-order chi connectivity index (χ0) is 22.1. The van der Waals surface area contributed by atoms with Gasteiger partial charge in [0, 0.05) is 11.1 Å². The second-order valence-electron chi connectivity index (χ2n) is 7.10. The summed E-state index contributed by atoms with van der Waals surface area (Å²) in [6.45, 7) is 3.06. The van der Waals surface area contributed by atoms with Crippen LogP contribution in [-0.2, 0) is 16.9 Å². The van der Waals surface area contributed by atoms with Crippen molar-refractivity contribution in [1.29, 1.82) is 0 Å². The molecule has 158 valence electrons. The average molecular weight is 412 g/mol. The number of rotatable bonds is 7. The number of benzene rings is 2. The summed E-state index contributed by atoms with van der Waals surface area (Å²) in [4.78, 5) is 38.8. The van der Waals surface area contributed by atoms with Crippen LogP contribution in [0.25, 0.3) is 0 Å². The molecule has 30 heavy (non-hydrogen) atoms. The largest absolute Gasteiger partial charge is 0.496 e. The molecule has 1 saturated heterocycles. The van der Waals surface area contributed by atoms with Gasteiger partial charge in [-0.3, -0.25) is 14.5 Å². The Morgan fingerprint density at radius 1 is 0.967 bits per heavy atom. The van der Waals surface area contributed by atoms with Crippen molar-refractivity contribution in [3.8, 4) is 17.2 Å². The van der Waals surface area contributed by atoms with Crippen molar-refractivity contribution in [2.75, 3.05) is 21.3 Å². The lowest BCUT2D eigenvalue weighted by Crippen LogP contribution is -2.40. The van der Waals surface area contributed by atoms with E-state index >= 15 is 0 Å². The van der Waals surface area contributed by atoms with E-state index in [4.69, 9.17) is 14.2 Å². The Hall–Kier alpha value is -3.55. The number of nitrogens with one attached hydrogen (secondary N) is 1. The van der Waals surface area contributed by atoms with Gasteiger partial charge in [-0.1, -0.05) is 6.07 Å². The first kappa shape index (κ1) is 21.2. The molecule has 1 fully saturated rings. The van der Waals surface area contributed by atoms with Gasteiger partial charge >= 0.3 is 6.03 Å². The Morgan fingerprint density at radius 2 is 1.60 bits per heavy atom. The van der Waals surface area contributed by atoms with E-state index in [2.05, 4.69) is 5.32 Å². The van der Waals surface area contributed by atoms with E-state index in [9.17, 15) is 14.4 Å². The van der Waals surface area contributed by atoms with E-state index in [0.717, 1.165) is 4.90 Å². The van der Waals surface area contributed by atoms with E-state index in [1.807, 2.05) is 0 Å². The second-order valence-corrected chi connectivity index (χ2v) is 7.10. The summed E-state index contributed by atoms with van der Waals surface area (Å²) < 4.78 is 15.9. The second kappa shape index (κ2) is 8.06. The highest BCUT2D eigenvalue weighted by molar-refractivity contribution is 6.07. The summed E-state index contributed by atoms with van der Waals surface area (Å²) in [6.07, 6.45) is 0. The third kappa shape index (κ3) is 3.56. The number of carbonyl (C=O) groups excluding carboxylic acids is 3. The van der Waals surface area contributed by atoms with Crippen LogP contribution in [0, 0.1) is 0 Å². The molecule has 1 atom stereocenters. The Morgan fingerprint density at radius 3 is 2.20 bits per heavy atom. The molecule has 8 nitrogen and oxygen atoms in total. The summed E-state index contributed by atoms with van der Waals surface area (Å²) in [5.74, 6) is 0.915. The molecule has 1 unspecified atom stereocenters. The van der Waals surface area contributed by atoms with E-state index in [1.54, 1.807) is 43.3 Å². The van der Waals surface area contributed by atoms with Crippen molar-refractivity contribution in [2.24, 2.45) is 0 Å². The van der Waals surface area contributed by atoms with Crippen LogP contribution >= 0.6 is 0 Å². The summed E-state index contributed by atoms with van der Waals surface area (Å²) in [5, 5.41) is 2.76. The fourth-order valence-corrected chi connectivity index (χ4v) is 3.47. The molecule has 2 aromatic carbocycles. The van der Waals surface area contributed by atoms with Gasteiger partial charge < -0.3 is 19.5 Å². The topological polar surface area (TPSA) is 94.2 Å². The minimum Gasteiger partial charge on any atom is -0.496 e. The van der Waals surface area contributed by atoms with Crippen LogP contribution in [0.2, 0.25) is 0 Å². The summed E-state index contributed by atoms with van der Waals surface area (Å²) in [6, 6.07) is 9.45. The van der Waals surface area contributed by atoms with E-state index in [0.29, 0.717) is 33.9 Å². The first-order chi connectivity index (χ1) is 14.2. The molecule has 0 radical (unpaired) electrons. The highest BCUT2D eigenvalue weighted by Gasteiger charge is 2.49. The Kier molecular flexibility index (Phi) is 5.69. The van der Waals surface area contributed by atoms with Crippen LogP contribution in [0.3, 0.4) is 0 Å². The highest BCUT2D eigenvalue weighted by atomic mass is 16.5. The molecule has 1 N–H and O–H groups in total. The maximum atomic E-state index is 13.3. The zero-order valence-electron chi connectivity index (χ0n) is 17.6. The normalized spacial score (nSPS) is 18.2. The fourth-order valence-electron chi connectivity index (χ4n) is 3.47. The van der Waals surface area contributed by atoms with E-state index in [1.165, 1.54) is 28.3 Å². The van der Waals surface area contributed by atoms with Crippen molar-refractivity contribution in [2.45, 2.75) is 25.9 Å². The van der Waals surface area contributed by atoms with Gasteiger partial charge in [-0.05, 0) is 49.7 Å². The Bertz CT molecular complexity index is 1020. The van der Waals surface area contributed by atoms with Gasteiger partial charge in [-0.25, -0.2) is 4.79 Å². The number of urea groups is 1. The van der Waals surface area contributed by atoms with Crippen LogP contribution in [-0.4, -0.2) is 44.0 Å². The molecule has 0 aromatic heterocycles. The number of methoxy groups -OCH3 is 3. The smallest absolute Gasteiger partial charge is 0.325 e. The van der Waals surface area contributed by atoms with Crippen LogP contribution < -0.4 is 19.5 Å². The fraction of sp³-hybridized carbons (Fsp3) is 0.318. The maximum Gasteiger partial charge on any atom is 0.325 e. The molecule has 1 heterocycles. The number of nitrogens with zero attached hydrogens (tertiary/aromatic N) is 1. The molecule has 0 spiro atoms. The number of Topliss-reactive ketones (excluding diaryl/α,β-unsaturated/α-hetero) is 1. The van der Waals surface area contributed by atoms with Crippen molar-refractivity contribution in [3.05, 3.63) is 53.1 Å². The Labute approximate surface area is 174 Å². The molecule has 0 aliphatic carbocycles. The van der Waals surface area contributed by atoms with Crippen LogP contribution in [0.1, 0.15) is 35.3 Å². The quantitative estimate of drug-likeness (QED) is 0.555. The monoisotopic (exact) mass is 412 g/mol. The minimum atomic E-state index is -1.28. The van der Waals surface area contributed by atoms with Gasteiger partial charge in [-0.2, -0.15) is 0 Å². The molecule has 8 heteroatoms. The number of ketones is 1. The lowest BCUT2D eigenvalue weighted by atomic mass is 9.91. The SMILES string of the molecule is COc1ccc(C(C)=O)cc1CN1C(=O)NC(C)(c2ccc(OC)c(OC)c2)C1=O. The van der Waals surface area contributed by atoms with Gasteiger partial charge in [0.2, 0.25) is 0 Å². The summed E-state index contributed by atoms with van der Waals surface area (Å²) in [5.41, 5.74) is 0.318. The number of hydrogen-bond donors (Lipinski definition) is 1. The number of ether oxygens (including phenoxy) is 3. The van der Waals surface area contributed by atoms with Crippen molar-refractivity contribution >= 4 is 17.7 Å². The van der Waals surface area contributed by atoms with Gasteiger partial charge in [0.15, 0.2) is 17.3 Å². The average Bonchev–Trinajstić information content (AvgIpc) is 2.96. The molecule has 0 saturated carbocycles. The number of hydrogen-bond acceptors (Lipinski definition) is 6. The summed E-state index contributed by atoms with van der Waals surface area (Å²) >= 11 is 0. The van der Waals surface area contributed by atoms with Crippen molar-refractivity contribution < 1.29 is 28.6 Å².